The molecule has 0 unspecified atom stereocenters. The van der Waals surface area contributed by atoms with E-state index in [4.69, 9.17) is 0 Å². The Bertz CT molecular complexity index is 674. The molecule has 0 aliphatic heterocycles. The molecule has 0 spiro atoms. The first-order valence-corrected chi connectivity index (χ1v) is 10.1. The van der Waals surface area contributed by atoms with Gasteiger partial charge >= 0.3 is 22.4 Å². The topological polar surface area (TPSA) is 3.24 Å². The Labute approximate surface area is 184 Å². The second-order valence-corrected chi connectivity index (χ2v) is 8.75. The Hall–Kier alpha value is -1.06. The molecule has 0 aliphatic rings. The van der Waals surface area contributed by atoms with Gasteiger partial charge in [0.25, 0.3) is 0 Å². The summed E-state index contributed by atoms with van der Waals surface area (Å²) in [6.07, 6.45) is 0. The van der Waals surface area contributed by atoms with Gasteiger partial charge in [-0.25, -0.2) is 0 Å². The maximum absolute atomic E-state index is 4.56. The van der Waals surface area contributed by atoms with Crippen LogP contribution in [0.4, 0.5) is 0 Å². The molecule has 5 heteroatoms. The first-order chi connectivity index (χ1) is 12.1. The fourth-order valence-electron chi connectivity index (χ4n) is 2.18. The molecular weight excluding hydrogens is 558 g/mol. The van der Waals surface area contributed by atoms with Crippen LogP contribution in [0.15, 0.2) is 91.0 Å². The molecule has 0 saturated heterocycles. The van der Waals surface area contributed by atoms with E-state index < -0.39 is 7.92 Å². The van der Waals surface area contributed by atoms with Gasteiger partial charge in [-0.05, 0) is 23.8 Å². The summed E-state index contributed by atoms with van der Waals surface area (Å²) in [5.74, 6) is 0. The van der Waals surface area contributed by atoms with Crippen molar-refractivity contribution < 1.29 is 22.4 Å². The first-order valence-electron chi connectivity index (χ1n) is 7.93. The van der Waals surface area contributed by atoms with Gasteiger partial charge in [-0.3, -0.25) is 0 Å². The van der Waals surface area contributed by atoms with Gasteiger partial charge in [0.2, 0.25) is 0 Å². The van der Waals surface area contributed by atoms with Crippen LogP contribution in [0.3, 0.4) is 0 Å². The minimum atomic E-state index is -0.446. The van der Waals surface area contributed by atoms with Gasteiger partial charge in [0.05, 0.1) is 0 Å². The molecule has 3 aromatic rings. The van der Waals surface area contributed by atoms with Crippen LogP contribution < -0.4 is 15.9 Å². The number of benzene rings is 3. The Balaban J connectivity index is 0.000000422. The summed E-state index contributed by atoms with van der Waals surface area (Å²) in [5, 5.41) is 4.19. The Morgan fingerprint density at radius 3 is 1.12 bits per heavy atom. The second kappa shape index (κ2) is 12.3. The molecule has 3 rings (SSSR count). The number of thiocarbonyl (C=S) groups is 1. The summed E-state index contributed by atoms with van der Waals surface area (Å²) in [7, 11) is 3.21. The van der Waals surface area contributed by atoms with E-state index in [1.54, 1.807) is 4.90 Å². The molecule has 0 N–H and O–H groups in total. The van der Waals surface area contributed by atoms with Crippen molar-refractivity contribution in [3.05, 3.63) is 91.0 Å². The largest absolute Gasteiger partial charge is 1.00 e. The molecule has 26 heavy (non-hydrogen) atoms. The fraction of sp³-hybridized carbons (Fsp3) is 0.0952. The van der Waals surface area contributed by atoms with E-state index in [0.717, 1.165) is 0 Å². The zero-order valence-electron chi connectivity index (χ0n) is 14.7. The van der Waals surface area contributed by atoms with Crippen LogP contribution in [0.25, 0.3) is 0 Å². The van der Waals surface area contributed by atoms with Gasteiger partial charge in [0.15, 0.2) is 0 Å². The first kappa shape index (κ1) is 23.0. The average Bonchev–Trinajstić information content (AvgIpc) is 2.65. The molecule has 0 atom stereocenters. The summed E-state index contributed by atoms with van der Waals surface area (Å²) in [5.41, 5.74) is 0. The summed E-state index contributed by atoms with van der Waals surface area (Å²) in [6, 6.07) is 32.3. The van der Waals surface area contributed by atoms with Crippen molar-refractivity contribution in [2.75, 3.05) is 14.1 Å². The van der Waals surface area contributed by atoms with E-state index in [9.17, 15) is 0 Å². The molecule has 0 fully saturated rings. The normalized spacial score (nSPS) is 9.50. The van der Waals surface area contributed by atoms with Crippen LogP contribution in [-0.4, -0.2) is 23.3 Å². The second-order valence-electron chi connectivity index (χ2n) is 5.50. The summed E-state index contributed by atoms with van der Waals surface area (Å²) >= 11 is 9.12. The molecule has 0 radical (unpaired) electrons. The number of hydrogen-bond acceptors (Lipinski definition) is 2. The molecule has 0 heterocycles. The van der Waals surface area contributed by atoms with Crippen molar-refractivity contribution in [3.8, 4) is 0 Å². The molecule has 0 aromatic heterocycles. The van der Waals surface area contributed by atoms with E-state index in [1.165, 1.54) is 15.9 Å². The quantitative estimate of drug-likeness (QED) is 0.201. The van der Waals surface area contributed by atoms with Crippen LogP contribution >= 0.6 is 20.1 Å². The molecule has 0 aliphatic carbocycles. The van der Waals surface area contributed by atoms with E-state index in [0.29, 0.717) is 4.32 Å². The van der Waals surface area contributed by atoms with Crippen LogP contribution in [0, 0.1) is 0 Å². The molecule has 138 valence electrons. The third kappa shape index (κ3) is 7.28. The monoisotopic (exact) mass is 579 g/mol. The zero-order chi connectivity index (χ0) is 18.1. The van der Waals surface area contributed by atoms with Crippen LogP contribution in [0.1, 0.15) is 0 Å². The van der Waals surface area contributed by atoms with Crippen molar-refractivity contribution in [1.29, 1.82) is 0 Å². The van der Waals surface area contributed by atoms with Crippen molar-refractivity contribution in [1.82, 2.24) is 4.90 Å². The van der Waals surface area contributed by atoms with Gasteiger partial charge < -0.3 is 29.7 Å². The van der Waals surface area contributed by atoms with E-state index in [-0.39, 0.29) is 22.4 Å². The third-order valence-corrected chi connectivity index (χ3v) is 6.58. The van der Waals surface area contributed by atoms with E-state index in [1.807, 2.05) is 14.1 Å². The van der Waals surface area contributed by atoms with Gasteiger partial charge in [0, 0.05) is 14.1 Å². The van der Waals surface area contributed by atoms with E-state index >= 15 is 0 Å². The van der Waals surface area contributed by atoms with Crippen molar-refractivity contribution >= 4 is 53.0 Å². The van der Waals surface area contributed by atoms with Gasteiger partial charge in [0.1, 0.15) is 0 Å². The average molecular weight is 579 g/mol. The van der Waals surface area contributed by atoms with E-state index in [2.05, 4.69) is 116 Å². The molecule has 0 bridgehead atoms. The van der Waals surface area contributed by atoms with Crippen LogP contribution in [0.5, 0.6) is 0 Å². The zero-order valence-corrected chi connectivity index (χ0v) is 19.4. The summed E-state index contributed by atoms with van der Waals surface area (Å²) in [4.78, 5) is 1.71. The molecule has 1 nitrogen and oxygen atoms in total. The van der Waals surface area contributed by atoms with Crippen LogP contribution in [0.2, 0.25) is 0 Å². The van der Waals surface area contributed by atoms with Gasteiger partial charge in [-0.1, -0.05) is 95.3 Å². The fourth-order valence-corrected chi connectivity index (χ4v) is 4.48. The Morgan fingerprint density at radius 2 is 0.923 bits per heavy atom. The minimum Gasteiger partial charge on any atom is -0.411 e. The summed E-state index contributed by atoms with van der Waals surface area (Å²) < 4.78 is 0.509. The minimum absolute atomic E-state index is 0. The number of nitrogens with zero attached hydrogens (tertiary/aromatic N) is 1. The van der Waals surface area contributed by atoms with Crippen molar-refractivity contribution in [2.45, 2.75) is 0 Å². The number of hydrogen-bond donors (Lipinski definition) is 0. The van der Waals surface area contributed by atoms with Crippen molar-refractivity contribution in [3.63, 3.8) is 0 Å². The predicted molar refractivity (Wildman–Crippen MR) is 119 cm³/mol. The van der Waals surface area contributed by atoms with Crippen molar-refractivity contribution in [2.24, 2.45) is 0 Å². The molecule has 3 aromatic carbocycles. The third-order valence-electron chi connectivity index (χ3n) is 3.41. The van der Waals surface area contributed by atoms with Gasteiger partial charge in [-0.2, -0.15) is 0 Å². The smallest absolute Gasteiger partial charge is 0.411 e. The molecule has 0 saturated carbocycles. The predicted octanol–water partition coefficient (Wildman–Crippen LogP) is 3.82. The maximum Gasteiger partial charge on any atom is 1.00 e. The Kier molecular flexibility index (Phi) is 10.9. The molecule has 0 amide bonds. The number of rotatable bonds is 3. The SMILES string of the molecule is CN(C)C(=S)[S-].[Au+].c1ccc(P(c2ccccc2)c2ccccc2)cc1. The Morgan fingerprint density at radius 1 is 0.692 bits per heavy atom. The van der Waals surface area contributed by atoms with Crippen LogP contribution in [-0.2, 0) is 35.0 Å². The van der Waals surface area contributed by atoms with Gasteiger partial charge in [-0.15, -0.1) is 0 Å². The maximum atomic E-state index is 4.56. The molecular formula is C21H21AuNPS2. The standard InChI is InChI=1S/C18H15P.C3H7NS2.Au/c1-4-10-16(11-5-1)19(17-12-6-2-7-13-17)18-14-8-3-9-15-18;1-4(2)3(5)6;/h1-15H;1-2H3,(H,5,6);/q;;+1/p-1. The summed E-state index contributed by atoms with van der Waals surface area (Å²) in [6.45, 7) is 0.